The van der Waals surface area contributed by atoms with Crippen LogP contribution in [0, 0.1) is 0 Å². The van der Waals surface area contributed by atoms with Crippen molar-refractivity contribution < 1.29 is 4.57 Å². The normalized spacial score (nSPS) is 10.8. The largest absolute Gasteiger partial charge is 0.369 e. The van der Waals surface area contributed by atoms with Gasteiger partial charge >= 0.3 is 5.56 Å². The van der Waals surface area contributed by atoms with Gasteiger partial charge in [0.2, 0.25) is 12.3 Å². The van der Waals surface area contributed by atoms with E-state index in [2.05, 4.69) is 15.0 Å². The van der Waals surface area contributed by atoms with Crippen LogP contribution in [0.2, 0.25) is 0 Å². The number of aromatic amines is 2. The minimum atomic E-state index is -0.217. The van der Waals surface area contributed by atoms with E-state index in [0.29, 0.717) is 17.7 Å². The standard InChI is InChI=1S/C7H9N5O/c1-2-12-3-9-5-4(12)6(13)11-7(8)10-5/h3H,2H2,1H3,(H3,8,10,11,13)/p+1. The molecule has 6 heteroatoms. The summed E-state index contributed by atoms with van der Waals surface area (Å²) in [5.74, 6) is 0.127. The highest BCUT2D eigenvalue weighted by Gasteiger charge is 2.13. The first kappa shape index (κ1) is 7.78. The molecule has 0 unspecified atom stereocenters. The molecule has 2 aromatic rings. The predicted molar refractivity (Wildman–Crippen MR) is 47.0 cm³/mol. The Kier molecular flexibility index (Phi) is 1.54. The van der Waals surface area contributed by atoms with Gasteiger partial charge in [-0.25, -0.2) is 9.55 Å². The van der Waals surface area contributed by atoms with Gasteiger partial charge in [-0.05, 0) is 6.92 Å². The van der Waals surface area contributed by atoms with Crippen molar-refractivity contribution in [3.05, 3.63) is 16.7 Å². The van der Waals surface area contributed by atoms with Crippen LogP contribution in [0.15, 0.2) is 11.1 Å². The van der Waals surface area contributed by atoms with E-state index in [4.69, 9.17) is 5.73 Å². The fraction of sp³-hybridized carbons (Fsp3) is 0.286. The Morgan fingerprint density at radius 2 is 2.46 bits per heavy atom. The third-order valence-corrected chi connectivity index (χ3v) is 1.90. The summed E-state index contributed by atoms with van der Waals surface area (Å²) in [6.45, 7) is 2.66. The van der Waals surface area contributed by atoms with Crippen molar-refractivity contribution in [1.29, 1.82) is 0 Å². The van der Waals surface area contributed by atoms with Crippen molar-refractivity contribution in [1.82, 2.24) is 15.0 Å². The predicted octanol–water partition coefficient (Wildman–Crippen LogP) is -0.859. The number of aromatic nitrogens is 4. The number of rotatable bonds is 1. The zero-order chi connectivity index (χ0) is 9.42. The van der Waals surface area contributed by atoms with Crippen molar-refractivity contribution in [2.75, 3.05) is 5.73 Å². The monoisotopic (exact) mass is 180 g/mol. The molecule has 6 nitrogen and oxygen atoms in total. The van der Waals surface area contributed by atoms with Crippen LogP contribution in [0.3, 0.4) is 0 Å². The van der Waals surface area contributed by atoms with E-state index in [9.17, 15) is 4.79 Å². The van der Waals surface area contributed by atoms with Crippen LogP contribution < -0.4 is 15.9 Å². The number of nitrogens with zero attached hydrogens (tertiary/aromatic N) is 2. The molecule has 0 aromatic carbocycles. The molecule has 0 saturated heterocycles. The second-order valence-corrected chi connectivity index (χ2v) is 2.71. The van der Waals surface area contributed by atoms with E-state index in [-0.39, 0.29) is 11.5 Å². The smallest absolute Gasteiger partial charge is 0.304 e. The van der Waals surface area contributed by atoms with Gasteiger partial charge in [-0.3, -0.25) is 9.78 Å². The van der Waals surface area contributed by atoms with Gasteiger partial charge in [0.25, 0.3) is 11.2 Å². The fourth-order valence-corrected chi connectivity index (χ4v) is 1.30. The molecule has 2 aromatic heterocycles. The van der Waals surface area contributed by atoms with Crippen LogP contribution in [-0.2, 0) is 6.54 Å². The molecule has 2 heterocycles. The van der Waals surface area contributed by atoms with E-state index < -0.39 is 0 Å². The fourth-order valence-electron chi connectivity index (χ4n) is 1.30. The summed E-state index contributed by atoms with van der Waals surface area (Å²) in [6, 6.07) is 0. The average Bonchev–Trinajstić information content (AvgIpc) is 2.47. The summed E-state index contributed by atoms with van der Waals surface area (Å²) in [5, 5.41) is 0. The first-order chi connectivity index (χ1) is 6.22. The number of nitrogens with one attached hydrogen (secondary N) is 2. The average molecular weight is 180 g/mol. The van der Waals surface area contributed by atoms with Crippen LogP contribution in [0.25, 0.3) is 11.2 Å². The molecule has 0 fully saturated rings. The van der Waals surface area contributed by atoms with Crippen molar-refractivity contribution in [2.24, 2.45) is 0 Å². The Morgan fingerprint density at radius 3 is 3.15 bits per heavy atom. The van der Waals surface area contributed by atoms with Crippen LogP contribution in [0.5, 0.6) is 0 Å². The number of anilines is 1. The highest BCUT2D eigenvalue weighted by Crippen LogP contribution is 1.97. The van der Waals surface area contributed by atoms with Crippen LogP contribution in [-0.4, -0.2) is 15.0 Å². The molecular formula is C7H10N5O+. The Bertz CT molecular complexity index is 497. The Labute approximate surface area is 73.4 Å². The minimum Gasteiger partial charge on any atom is -0.369 e. The van der Waals surface area contributed by atoms with Crippen molar-refractivity contribution in [3.8, 4) is 0 Å². The zero-order valence-corrected chi connectivity index (χ0v) is 7.16. The topological polar surface area (TPSA) is 91.4 Å². The second-order valence-electron chi connectivity index (χ2n) is 2.71. The van der Waals surface area contributed by atoms with Crippen LogP contribution in [0.4, 0.5) is 5.95 Å². The Balaban J connectivity index is 2.90. The quantitative estimate of drug-likeness (QED) is 0.499. The maximum Gasteiger partial charge on any atom is 0.304 e. The van der Waals surface area contributed by atoms with Gasteiger partial charge in [-0.15, -0.1) is 0 Å². The first-order valence-electron chi connectivity index (χ1n) is 3.98. The van der Waals surface area contributed by atoms with E-state index >= 15 is 0 Å². The maximum atomic E-state index is 11.4. The summed E-state index contributed by atoms with van der Waals surface area (Å²) in [7, 11) is 0. The van der Waals surface area contributed by atoms with Crippen molar-refractivity contribution >= 4 is 17.1 Å². The Morgan fingerprint density at radius 1 is 1.69 bits per heavy atom. The molecule has 2 rings (SSSR count). The van der Waals surface area contributed by atoms with Crippen molar-refractivity contribution in [2.45, 2.75) is 13.5 Å². The van der Waals surface area contributed by atoms with Gasteiger partial charge in [0.15, 0.2) is 0 Å². The van der Waals surface area contributed by atoms with Crippen LogP contribution in [0.1, 0.15) is 6.92 Å². The molecule has 0 spiro atoms. The summed E-state index contributed by atoms with van der Waals surface area (Å²) in [6.07, 6.45) is 1.70. The van der Waals surface area contributed by atoms with Gasteiger partial charge in [-0.2, -0.15) is 4.98 Å². The van der Waals surface area contributed by atoms with Gasteiger partial charge in [0, 0.05) is 0 Å². The van der Waals surface area contributed by atoms with Gasteiger partial charge in [0.05, 0.1) is 6.54 Å². The lowest BCUT2D eigenvalue weighted by molar-refractivity contribution is -0.668. The molecule has 68 valence electrons. The summed E-state index contributed by atoms with van der Waals surface area (Å²) < 4.78 is 1.78. The highest BCUT2D eigenvalue weighted by atomic mass is 16.1. The number of fused-ring (bicyclic) bond motifs is 1. The lowest BCUT2D eigenvalue weighted by atomic mass is 10.5. The lowest BCUT2D eigenvalue weighted by Gasteiger charge is -1.90. The molecule has 0 aliphatic carbocycles. The van der Waals surface area contributed by atoms with Gasteiger partial charge < -0.3 is 5.73 Å². The molecule has 4 N–H and O–H groups in total. The molecule has 0 radical (unpaired) electrons. The number of aryl methyl sites for hydroxylation is 1. The molecule has 13 heavy (non-hydrogen) atoms. The molecule has 0 bridgehead atoms. The van der Waals surface area contributed by atoms with E-state index in [0.717, 1.165) is 0 Å². The van der Waals surface area contributed by atoms with E-state index in [1.54, 1.807) is 10.9 Å². The highest BCUT2D eigenvalue weighted by molar-refractivity contribution is 5.65. The number of imidazole rings is 1. The number of hydrogen-bond donors (Lipinski definition) is 3. The third-order valence-electron chi connectivity index (χ3n) is 1.90. The lowest BCUT2D eigenvalue weighted by Crippen LogP contribution is -2.35. The molecule has 0 atom stereocenters. The summed E-state index contributed by atoms with van der Waals surface area (Å²) in [5.41, 5.74) is 6.20. The SMILES string of the molecule is CC[n+]1c[nH]c2nc(N)[nH]c(=O)c21. The minimum absolute atomic E-state index is 0.127. The molecular weight excluding hydrogens is 170 g/mol. The summed E-state index contributed by atoms with van der Waals surface area (Å²) >= 11 is 0. The van der Waals surface area contributed by atoms with Gasteiger partial charge in [-0.1, -0.05) is 0 Å². The molecule has 0 aliphatic heterocycles. The molecule has 0 amide bonds. The maximum absolute atomic E-state index is 11.4. The zero-order valence-electron chi connectivity index (χ0n) is 7.16. The van der Waals surface area contributed by atoms with Crippen molar-refractivity contribution in [3.63, 3.8) is 0 Å². The molecule has 0 saturated carbocycles. The number of nitrogen functional groups attached to an aromatic ring is 1. The third kappa shape index (κ3) is 1.07. The van der Waals surface area contributed by atoms with E-state index in [1.165, 1.54) is 0 Å². The number of nitrogens with two attached hydrogens (primary N) is 1. The number of hydrogen-bond acceptors (Lipinski definition) is 3. The second kappa shape index (κ2) is 2.58. The summed E-state index contributed by atoms with van der Waals surface area (Å²) in [4.78, 5) is 20.7. The first-order valence-corrected chi connectivity index (χ1v) is 3.98. The van der Waals surface area contributed by atoms with E-state index in [1.807, 2.05) is 6.92 Å². The van der Waals surface area contributed by atoms with Crippen LogP contribution >= 0.6 is 0 Å². The number of H-pyrrole nitrogens is 2. The Hall–Kier alpha value is -1.85. The van der Waals surface area contributed by atoms with Gasteiger partial charge in [0.1, 0.15) is 0 Å². The molecule has 0 aliphatic rings.